The van der Waals surface area contributed by atoms with E-state index in [-0.39, 0.29) is 12.2 Å². The second kappa shape index (κ2) is 6.98. The highest BCUT2D eigenvalue weighted by atomic mass is 35.5. The molecule has 5 N–H and O–H groups in total. The summed E-state index contributed by atoms with van der Waals surface area (Å²) in [4.78, 5) is 11.5. The number of alkyl carbamates (subject to hydrolysis) is 1. The van der Waals surface area contributed by atoms with Gasteiger partial charge in [-0.3, -0.25) is 0 Å². The molecule has 0 spiro atoms. The van der Waals surface area contributed by atoms with E-state index in [4.69, 9.17) is 22.1 Å². The average molecular weight is 317 g/mol. The average Bonchev–Trinajstić information content (AvgIpc) is 2.33. The van der Waals surface area contributed by atoms with Crippen molar-refractivity contribution in [1.29, 1.82) is 0 Å². The summed E-state index contributed by atoms with van der Waals surface area (Å²) >= 11 is 5.77. The van der Waals surface area contributed by atoms with E-state index in [1.807, 2.05) is 0 Å². The van der Waals surface area contributed by atoms with Gasteiger partial charge in [0.05, 0.1) is 0 Å². The molecule has 0 aromatic heterocycles. The molecular weight excluding hydrogens is 296 g/mol. The van der Waals surface area contributed by atoms with Gasteiger partial charge in [-0.05, 0) is 32.9 Å². The van der Waals surface area contributed by atoms with E-state index < -0.39 is 23.9 Å². The minimum Gasteiger partial charge on any atom is -0.444 e. The van der Waals surface area contributed by atoms with Crippen molar-refractivity contribution in [3.8, 4) is 0 Å². The molecule has 0 fully saturated rings. The molecule has 0 aliphatic carbocycles. The van der Waals surface area contributed by atoms with Crippen LogP contribution >= 0.6 is 11.6 Å². The lowest BCUT2D eigenvalue weighted by molar-refractivity contribution is 0.0133. The number of nitrogens with one attached hydrogen (secondary N) is 1. The molecule has 118 valence electrons. The van der Waals surface area contributed by atoms with Crippen LogP contribution in [-0.4, -0.2) is 34.6 Å². The SMILES string of the molecule is CC(C)(C)OC(=O)NCC(O)C(O)c1ccc(Cl)cc1N. The molecule has 0 bridgehead atoms. The first-order chi connectivity index (χ1) is 9.60. The lowest BCUT2D eigenvalue weighted by Crippen LogP contribution is -2.39. The Labute approximate surface area is 128 Å². The third-order valence-corrected chi connectivity index (χ3v) is 2.82. The molecule has 1 aromatic carbocycles. The highest BCUT2D eigenvalue weighted by Crippen LogP contribution is 2.26. The fraction of sp³-hybridized carbons (Fsp3) is 0.500. The van der Waals surface area contributed by atoms with Crippen molar-refractivity contribution in [3.05, 3.63) is 28.8 Å². The van der Waals surface area contributed by atoms with Gasteiger partial charge < -0.3 is 26.0 Å². The Bertz CT molecular complexity index is 502. The van der Waals surface area contributed by atoms with Crippen molar-refractivity contribution >= 4 is 23.4 Å². The number of benzene rings is 1. The Balaban J connectivity index is 2.59. The van der Waals surface area contributed by atoms with Crippen molar-refractivity contribution in [2.45, 2.75) is 38.6 Å². The number of rotatable bonds is 4. The zero-order chi connectivity index (χ0) is 16.2. The monoisotopic (exact) mass is 316 g/mol. The Morgan fingerprint density at radius 1 is 1.43 bits per heavy atom. The minimum atomic E-state index is -1.24. The van der Waals surface area contributed by atoms with Gasteiger partial charge in [-0.2, -0.15) is 0 Å². The number of nitrogens with two attached hydrogens (primary N) is 1. The van der Waals surface area contributed by atoms with Crippen LogP contribution in [0.25, 0.3) is 0 Å². The summed E-state index contributed by atoms with van der Waals surface area (Å²) in [6, 6.07) is 4.57. The van der Waals surface area contributed by atoms with Crippen molar-refractivity contribution in [2.75, 3.05) is 12.3 Å². The summed E-state index contributed by atoms with van der Waals surface area (Å²) in [7, 11) is 0. The number of ether oxygens (including phenoxy) is 1. The largest absolute Gasteiger partial charge is 0.444 e. The quantitative estimate of drug-likeness (QED) is 0.634. The Kier molecular flexibility index (Phi) is 5.83. The number of hydrogen-bond acceptors (Lipinski definition) is 5. The number of carbonyl (C=O) groups excluding carboxylic acids is 1. The van der Waals surface area contributed by atoms with Gasteiger partial charge in [-0.25, -0.2) is 4.79 Å². The summed E-state index contributed by atoms with van der Waals surface area (Å²) < 4.78 is 5.03. The van der Waals surface area contributed by atoms with Crippen LogP contribution in [-0.2, 0) is 4.74 Å². The number of halogens is 1. The fourth-order valence-corrected chi connectivity index (χ4v) is 1.82. The predicted octanol–water partition coefficient (Wildman–Crippen LogP) is 1.84. The van der Waals surface area contributed by atoms with Crippen molar-refractivity contribution in [1.82, 2.24) is 5.32 Å². The van der Waals surface area contributed by atoms with Gasteiger partial charge in [0, 0.05) is 22.8 Å². The Hall–Kier alpha value is -1.50. The third-order valence-electron chi connectivity index (χ3n) is 2.59. The summed E-state index contributed by atoms with van der Waals surface area (Å²) in [5.41, 5.74) is 5.72. The van der Waals surface area contributed by atoms with Gasteiger partial charge in [-0.1, -0.05) is 17.7 Å². The second-order valence-electron chi connectivity index (χ2n) is 5.67. The first-order valence-corrected chi connectivity index (χ1v) is 6.86. The van der Waals surface area contributed by atoms with E-state index in [1.54, 1.807) is 26.8 Å². The van der Waals surface area contributed by atoms with Gasteiger partial charge in [0.25, 0.3) is 0 Å². The van der Waals surface area contributed by atoms with E-state index >= 15 is 0 Å². The van der Waals surface area contributed by atoms with Crippen LogP contribution in [0.2, 0.25) is 5.02 Å². The lowest BCUT2D eigenvalue weighted by Gasteiger charge is -2.22. The van der Waals surface area contributed by atoms with Gasteiger partial charge in [0.15, 0.2) is 0 Å². The molecule has 0 aliphatic rings. The van der Waals surface area contributed by atoms with Crippen LogP contribution in [0, 0.1) is 0 Å². The van der Waals surface area contributed by atoms with Crippen molar-refractivity contribution in [2.24, 2.45) is 0 Å². The minimum absolute atomic E-state index is 0.169. The van der Waals surface area contributed by atoms with E-state index in [0.29, 0.717) is 10.6 Å². The highest BCUT2D eigenvalue weighted by Gasteiger charge is 2.22. The normalized spacial score (nSPS) is 14.4. The smallest absolute Gasteiger partial charge is 0.407 e. The maximum Gasteiger partial charge on any atom is 0.407 e. The van der Waals surface area contributed by atoms with Crippen LogP contribution in [0.4, 0.5) is 10.5 Å². The molecule has 1 aromatic rings. The molecule has 0 heterocycles. The topological polar surface area (TPSA) is 105 Å². The molecule has 6 nitrogen and oxygen atoms in total. The predicted molar refractivity (Wildman–Crippen MR) is 81.1 cm³/mol. The van der Waals surface area contributed by atoms with Gasteiger partial charge >= 0.3 is 6.09 Å². The van der Waals surface area contributed by atoms with Gasteiger partial charge in [-0.15, -0.1) is 0 Å². The Morgan fingerprint density at radius 2 is 2.05 bits per heavy atom. The van der Waals surface area contributed by atoms with E-state index in [0.717, 1.165) is 0 Å². The molecule has 0 aliphatic heterocycles. The molecule has 1 rings (SSSR count). The molecule has 1 amide bonds. The van der Waals surface area contributed by atoms with Crippen LogP contribution in [0.1, 0.15) is 32.4 Å². The van der Waals surface area contributed by atoms with Crippen LogP contribution < -0.4 is 11.1 Å². The number of nitrogen functional groups attached to an aromatic ring is 1. The van der Waals surface area contributed by atoms with Gasteiger partial charge in [0.1, 0.15) is 17.8 Å². The zero-order valence-electron chi connectivity index (χ0n) is 12.3. The fourth-order valence-electron chi connectivity index (χ4n) is 1.64. The van der Waals surface area contributed by atoms with Crippen LogP contribution in [0.15, 0.2) is 18.2 Å². The van der Waals surface area contributed by atoms with Crippen molar-refractivity contribution < 1.29 is 19.7 Å². The first-order valence-electron chi connectivity index (χ1n) is 6.48. The number of carbonyl (C=O) groups is 1. The third kappa shape index (κ3) is 5.79. The van der Waals surface area contributed by atoms with E-state index in [1.165, 1.54) is 12.1 Å². The zero-order valence-corrected chi connectivity index (χ0v) is 13.0. The molecular formula is C14H21ClN2O4. The maximum absolute atomic E-state index is 11.5. The summed E-state index contributed by atoms with van der Waals surface area (Å²) in [6.07, 6.45) is -3.13. The van der Waals surface area contributed by atoms with Gasteiger partial charge in [0.2, 0.25) is 0 Å². The van der Waals surface area contributed by atoms with Crippen molar-refractivity contribution in [3.63, 3.8) is 0 Å². The summed E-state index contributed by atoms with van der Waals surface area (Å²) in [5, 5.41) is 22.8. The second-order valence-corrected chi connectivity index (χ2v) is 6.10. The lowest BCUT2D eigenvalue weighted by atomic mass is 10.0. The Morgan fingerprint density at radius 3 is 2.57 bits per heavy atom. The molecule has 0 saturated heterocycles. The number of hydrogen-bond donors (Lipinski definition) is 4. The molecule has 21 heavy (non-hydrogen) atoms. The molecule has 2 atom stereocenters. The standard InChI is InChI=1S/C14H21ClN2O4/c1-14(2,3)21-13(20)17-7-11(18)12(19)9-5-4-8(15)6-10(9)16/h4-6,11-12,18-19H,7,16H2,1-3H3,(H,17,20). The number of anilines is 1. The van der Waals surface area contributed by atoms with E-state index in [2.05, 4.69) is 5.32 Å². The molecule has 2 unspecified atom stereocenters. The number of aliphatic hydroxyl groups is 2. The maximum atomic E-state index is 11.5. The van der Waals surface area contributed by atoms with E-state index in [9.17, 15) is 15.0 Å². The highest BCUT2D eigenvalue weighted by molar-refractivity contribution is 6.30. The molecule has 7 heteroatoms. The summed E-state index contributed by atoms with van der Waals surface area (Å²) in [5.74, 6) is 0. The van der Waals surface area contributed by atoms with Crippen LogP contribution in [0.5, 0.6) is 0 Å². The number of amides is 1. The van der Waals surface area contributed by atoms with Crippen LogP contribution in [0.3, 0.4) is 0 Å². The number of aliphatic hydroxyl groups excluding tert-OH is 2. The summed E-state index contributed by atoms with van der Waals surface area (Å²) in [6.45, 7) is 5.02. The molecule has 0 radical (unpaired) electrons. The first kappa shape index (κ1) is 17.6. The molecule has 0 saturated carbocycles.